The van der Waals surface area contributed by atoms with Crippen LogP contribution in [0.2, 0.25) is 0 Å². The normalized spacial score (nSPS) is 37.7. The number of fused-ring (bicyclic) bond motifs is 5. The van der Waals surface area contributed by atoms with Crippen molar-refractivity contribution < 1.29 is 14.6 Å². The van der Waals surface area contributed by atoms with Crippen molar-refractivity contribution >= 4 is 12.0 Å². The molecule has 5 atom stereocenters. The minimum absolute atomic E-state index is 0.0700. The molecule has 0 spiro atoms. The second-order valence-corrected chi connectivity index (χ2v) is 7.68. The Morgan fingerprint density at radius 3 is 2.91 bits per heavy atom. The quantitative estimate of drug-likeness (QED) is 0.788. The van der Waals surface area contributed by atoms with Gasteiger partial charge in [-0.1, -0.05) is 25.1 Å². The summed E-state index contributed by atoms with van der Waals surface area (Å²) in [6.45, 7) is 3.83. The zero-order valence-electron chi connectivity index (χ0n) is 13.8. The summed E-state index contributed by atoms with van der Waals surface area (Å²) in [7, 11) is 0. The number of benzene rings is 1. The highest BCUT2D eigenvalue weighted by molar-refractivity contribution is 5.66. The Bertz CT molecular complexity index is 677. The van der Waals surface area contributed by atoms with E-state index in [4.69, 9.17) is 4.74 Å². The molecule has 0 aliphatic heterocycles. The molecule has 0 radical (unpaired) electrons. The fourth-order valence-electron chi connectivity index (χ4n) is 5.43. The third-order valence-electron chi connectivity index (χ3n) is 6.52. The van der Waals surface area contributed by atoms with Gasteiger partial charge in [0.25, 0.3) is 0 Å². The number of hydrogen-bond donors (Lipinski definition) is 1. The van der Waals surface area contributed by atoms with Crippen molar-refractivity contribution in [3.8, 4) is 5.75 Å². The molecule has 4 rings (SSSR count). The number of ether oxygens (including phenoxy) is 1. The van der Waals surface area contributed by atoms with Gasteiger partial charge in [-0.25, -0.2) is 0 Å². The van der Waals surface area contributed by atoms with Crippen LogP contribution < -0.4 is 0 Å². The van der Waals surface area contributed by atoms with Gasteiger partial charge in [-0.3, -0.25) is 4.79 Å². The number of aromatic hydroxyl groups is 1. The van der Waals surface area contributed by atoms with Crippen molar-refractivity contribution in [2.75, 3.05) is 0 Å². The molecule has 2 fully saturated rings. The number of allylic oxidation sites excluding steroid dienone is 1. The molecule has 2 unspecified atom stereocenters. The Morgan fingerprint density at radius 1 is 1.30 bits per heavy atom. The van der Waals surface area contributed by atoms with Gasteiger partial charge in [-0.05, 0) is 66.7 Å². The summed E-state index contributed by atoms with van der Waals surface area (Å²) >= 11 is 0. The van der Waals surface area contributed by atoms with Gasteiger partial charge in [0.05, 0.1) is 0 Å². The molecule has 3 heteroatoms. The number of rotatable bonds is 1. The first-order valence-electron chi connectivity index (χ1n) is 8.67. The van der Waals surface area contributed by atoms with E-state index in [-0.39, 0.29) is 17.5 Å². The summed E-state index contributed by atoms with van der Waals surface area (Å²) in [6, 6.07) is 5.76. The predicted octanol–water partition coefficient (Wildman–Crippen LogP) is 4.26. The van der Waals surface area contributed by atoms with Gasteiger partial charge in [-0.15, -0.1) is 0 Å². The summed E-state index contributed by atoms with van der Waals surface area (Å²) in [5, 5.41) is 9.71. The zero-order chi connectivity index (χ0) is 16.2. The Morgan fingerprint density at radius 2 is 2.13 bits per heavy atom. The van der Waals surface area contributed by atoms with Gasteiger partial charge in [0.15, 0.2) is 0 Å². The van der Waals surface area contributed by atoms with Crippen LogP contribution in [-0.4, -0.2) is 17.2 Å². The van der Waals surface area contributed by atoms with E-state index in [2.05, 4.69) is 25.1 Å². The molecule has 1 aromatic rings. The van der Waals surface area contributed by atoms with Crippen molar-refractivity contribution in [1.29, 1.82) is 0 Å². The number of phenolic OH excluding ortho intramolecular Hbond substituents is 1. The number of esters is 1. The number of hydrogen-bond acceptors (Lipinski definition) is 3. The first-order chi connectivity index (χ1) is 11.0. The summed E-state index contributed by atoms with van der Waals surface area (Å²) in [5.41, 5.74) is 2.63. The molecule has 3 aliphatic rings. The minimum atomic E-state index is -0.154. The standard InChI is InChI=1S/C20H24O3/c1-12(21)23-19-8-7-18-17-5-3-13-11-14(22)4-6-15(13)16(17)9-10-20(18,19)2/h3-6,11,16-19,22H,7-10H2,1-2H3/t16?,17?,18-,19-,20-/m0/s1. The Balaban J connectivity index is 1.66. The van der Waals surface area contributed by atoms with Crippen molar-refractivity contribution in [2.24, 2.45) is 17.3 Å². The van der Waals surface area contributed by atoms with Crippen LogP contribution in [0.25, 0.3) is 6.08 Å². The molecule has 2 saturated carbocycles. The molecule has 23 heavy (non-hydrogen) atoms. The average molecular weight is 312 g/mol. The largest absolute Gasteiger partial charge is 0.508 e. The molecule has 3 aliphatic carbocycles. The molecule has 0 heterocycles. The highest BCUT2D eigenvalue weighted by atomic mass is 16.5. The summed E-state index contributed by atoms with van der Waals surface area (Å²) < 4.78 is 5.65. The number of phenols is 1. The van der Waals surface area contributed by atoms with E-state index in [0.29, 0.717) is 23.5 Å². The van der Waals surface area contributed by atoms with Crippen molar-refractivity contribution in [3.05, 3.63) is 35.4 Å². The topological polar surface area (TPSA) is 46.5 Å². The first kappa shape index (κ1) is 14.8. The molecule has 122 valence electrons. The monoisotopic (exact) mass is 312 g/mol. The van der Waals surface area contributed by atoms with Gasteiger partial charge in [0.1, 0.15) is 11.9 Å². The SMILES string of the molecule is CC(=O)O[C@H]1CC[C@H]2C3C=Cc4cc(O)ccc4C3CC[C@]12C. The number of carbonyl (C=O) groups is 1. The maximum Gasteiger partial charge on any atom is 0.302 e. The van der Waals surface area contributed by atoms with Gasteiger partial charge < -0.3 is 9.84 Å². The van der Waals surface area contributed by atoms with Crippen LogP contribution in [0.4, 0.5) is 0 Å². The molecular formula is C20H24O3. The van der Waals surface area contributed by atoms with Gasteiger partial charge in [0, 0.05) is 12.3 Å². The first-order valence-corrected chi connectivity index (χ1v) is 8.67. The molecular weight excluding hydrogens is 288 g/mol. The lowest BCUT2D eigenvalue weighted by molar-refractivity contribution is -0.154. The van der Waals surface area contributed by atoms with E-state index in [1.807, 2.05) is 6.07 Å². The molecule has 0 saturated heterocycles. The summed E-state index contributed by atoms with van der Waals surface area (Å²) in [5.74, 6) is 1.81. The second-order valence-electron chi connectivity index (χ2n) is 7.68. The van der Waals surface area contributed by atoms with E-state index in [1.165, 1.54) is 12.5 Å². The summed E-state index contributed by atoms with van der Waals surface area (Å²) in [4.78, 5) is 11.4. The Kier molecular flexibility index (Phi) is 3.29. The lowest BCUT2D eigenvalue weighted by Gasteiger charge is -2.48. The number of carbonyl (C=O) groups excluding carboxylic acids is 1. The summed E-state index contributed by atoms with van der Waals surface area (Å²) in [6.07, 6.45) is 8.92. The van der Waals surface area contributed by atoms with E-state index < -0.39 is 0 Å². The van der Waals surface area contributed by atoms with E-state index in [1.54, 1.807) is 6.07 Å². The average Bonchev–Trinajstić information content (AvgIpc) is 2.83. The van der Waals surface area contributed by atoms with Crippen LogP contribution in [0, 0.1) is 17.3 Å². The van der Waals surface area contributed by atoms with Gasteiger partial charge >= 0.3 is 5.97 Å². The van der Waals surface area contributed by atoms with Crippen molar-refractivity contribution in [3.63, 3.8) is 0 Å². The van der Waals surface area contributed by atoms with E-state index in [0.717, 1.165) is 31.2 Å². The molecule has 3 nitrogen and oxygen atoms in total. The van der Waals surface area contributed by atoms with Crippen molar-refractivity contribution in [2.45, 2.75) is 51.6 Å². The maximum atomic E-state index is 11.4. The Hall–Kier alpha value is -1.77. The lowest BCUT2D eigenvalue weighted by Crippen LogP contribution is -2.43. The van der Waals surface area contributed by atoms with Crippen LogP contribution >= 0.6 is 0 Å². The predicted molar refractivity (Wildman–Crippen MR) is 89.0 cm³/mol. The van der Waals surface area contributed by atoms with E-state index in [9.17, 15) is 9.90 Å². The van der Waals surface area contributed by atoms with Gasteiger partial charge in [-0.2, -0.15) is 0 Å². The van der Waals surface area contributed by atoms with Crippen LogP contribution in [0.15, 0.2) is 24.3 Å². The van der Waals surface area contributed by atoms with Gasteiger partial charge in [0.2, 0.25) is 0 Å². The highest BCUT2D eigenvalue weighted by Gasteiger charge is 2.55. The fraction of sp³-hybridized carbons (Fsp3) is 0.550. The fourth-order valence-corrected chi connectivity index (χ4v) is 5.43. The van der Waals surface area contributed by atoms with Crippen LogP contribution in [0.3, 0.4) is 0 Å². The zero-order valence-corrected chi connectivity index (χ0v) is 13.8. The molecule has 1 N–H and O–H groups in total. The minimum Gasteiger partial charge on any atom is -0.508 e. The van der Waals surface area contributed by atoms with Crippen LogP contribution in [0.1, 0.15) is 56.6 Å². The van der Waals surface area contributed by atoms with Crippen molar-refractivity contribution in [1.82, 2.24) is 0 Å². The maximum absolute atomic E-state index is 11.4. The van der Waals surface area contributed by atoms with Crippen LogP contribution in [-0.2, 0) is 9.53 Å². The Labute approximate surface area is 137 Å². The molecule has 0 amide bonds. The third-order valence-corrected chi connectivity index (χ3v) is 6.52. The van der Waals surface area contributed by atoms with Crippen LogP contribution in [0.5, 0.6) is 5.75 Å². The molecule has 0 bridgehead atoms. The third kappa shape index (κ3) is 2.20. The second kappa shape index (κ2) is 5.12. The highest BCUT2D eigenvalue weighted by Crippen LogP contribution is 2.60. The lowest BCUT2D eigenvalue weighted by atomic mass is 9.57. The van der Waals surface area contributed by atoms with E-state index >= 15 is 0 Å². The smallest absolute Gasteiger partial charge is 0.302 e. The molecule has 0 aromatic heterocycles. The molecule has 1 aromatic carbocycles.